The Balaban J connectivity index is 2.11. The van der Waals surface area contributed by atoms with E-state index in [1.54, 1.807) is 11.0 Å². The van der Waals surface area contributed by atoms with Gasteiger partial charge in [-0.15, -0.1) is 0 Å². The Morgan fingerprint density at radius 3 is 2.38 bits per heavy atom. The van der Waals surface area contributed by atoms with Crippen molar-refractivity contribution >= 4 is 17.8 Å². The van der Waals surface area contributed by atoms with Gasteiger partial charge in [0.05, 0.1) is 5.56 Å². The van der Waals surface area contributed by atoms with Crippen molar-refractivity contribution in [2.45, 2.75) is 52.1 Å². The summed E-state index contributed by atoms with van der Waals surface area (Å²) in [4.78, 5) is 39.2. The molecule has 0 saturated carbocycles. The Bertz CT molecular complexity index is 720. The van der Waals surface area contributed by atoms with E-state index in [0.29, 0.717) is 32.5 Å². The van der Waals surface area contributed by atoms with Crippen molar-refractivity contribution in [1.82, 2.24) is 20.9 Å². The van der Waals surface area contributed by atoms with E-state index < -0.39 is 17.8 Å². The average Bonchev–Trinajstić information content (AvgIpc) is 2.72. The third-order valence-corrected chi connectivity index (χ3v) is 5.31. The third kappa shape index (κ3) is 6.17. The van der Waals surface area contributed by atoms with Crippen molar-refractivity contribution in [1.29, 1.82) is 0 Å². The lowest BCUT2D eigenvalue weighted by Crippen LogP contribution is -2.55. The molecule has 0 aliphatic carbocycles. The molecule has 1 saturated heterocycles. The Kier molecular flexibility index (Phi) is 8.42. The number of amides is 4. The molecule has 2 rings (SSSR count). The van der Waals surface area contributed by atoms with Crippen LogP contribution in [0.3, 0.4) is 0 Å². The van der Waals surface area contributed by atoms with Crippen LogP contribution in [-0.2, 0) is 4.79 Å². The predicted molar refractivity (Wildman–Crippen MR) is 109 cm³/mol. The fourth-order valence-corrected chi connectivity index (χ4v) is 3.40. The molecule has 0 radical (unpaired) electrons. The zero-order valence-electron chi connectivity index (χ0n) is 17.3. The zero-order valence-corrected chi connectivity index (χ0v) is 17.3. The molecule has 8 heteroatoms. The standard InChI is InChI=1S/C21H31FN4O3/c1-4-14(3)24-20(28)18(25-19(27)16-8-6-7-9-17(16)22)15-10-12-26(13-11-15)21(29)23-5-2/h6-9,14-15,18H,4-5,10-13H2,1-3H3,(H,23,29)(H,24,28)(H,25,27)/t14-,18+/m1/s1. The fourth-order valence-electron chi connectivity index (χ4n) is 3.40. The molecule has 1 heterocycles. The van der Waals surface area contributed by atoms with Crippen LogP contribution in [0.15, 0.2) is 24.3 Å². The van der Waals surface area contributed by atoms with Crippen molar-refractivity contribution in [3.63, 3.8) is 0 Å². The number of carbonyl (C=O) groups is 3. The summed E-state index contributed by atoms with van der Waals surface area (Å²) in [6.07, 6.45) is 1.91. The van der Waals surface area contributed by atoms with E-state index >= 15 is 0 Å². The Hall–Kier alpha value is -2.64. The molecule has 1 aliphatic rings. The summed E-state index contributed by atoms with van der Waals surface area (Å²) in [5, 5.41) is 8.42. The van der Waals surface area contributed by atoms with Crippen LogP contribution in [-0.4, -0.2) is 54.5 Å². The number of urea groups is 1. The lowest BCUT2D eigenvalue weighted by atomic mass is 9.88. The van der Waals surface area contributed by atoms with Crippen molar-refractivity contribution in [3.8, 4) is 0 Å². The van der Waals surface area contributed by atoms with Crippen LogP contribution >= 0.6 is 0 Å². The van der Waals surface area contributed by atoms with Crippen molar-refractivity contribution in [2.24, 2.45) is 5.92 Å². The molecule has 29 heavy (non-hydrogen) atoms. The van der Waals surface area contributed by atoms with Crippen LogP contribution in [0.1, 0.15) is 50.4 Å². The van der Waals surface area contributed by atoms with E-state index in [2.05, 4.69) is 16.0 Å². The topological polar surface area (TPSA) is 90.5 Å². The van der Waals surface area contributed by atoms with Gasteiger partial charge in [0.25, 0.3) is 5.91 Å². The number of halogens is 1. The number of carbonyl (C=O) groups excluding carboxylic acids is 3. The maximum Gasteiger partial charge on any atom is 0.317 e. The monoisotopic (exact) mass is 406 g/mol. The molecular weight excluding hydrogens is 375 g/mol. The highest BCUT2D eigenvalue weighted by atomic mass is 19.1. The predicted octanol–water partition coefficient (Wildman–Crippen LogP) is 2.28. The van der Waals surface area contributed by atoms with Gasteiger partial charge in [-0.25, -0.2) is 9.18 Å². The van der Waals surface area contributed by atoms with E-state index in [4.69, 9.17) is 0 Å². The molecule has 3 N–H and O–H groups in total. The molecule has 4 amide bonds. The van der Waals surface area contributed by atoms with E-state index in [1.807, 2.05) is 20.8 Å². The number of nitrogens with zero attached hydrogens (tertiary/aromatic N) is 1. The van der Waals surface area contributed by atoms with E-state index in [-0.39, 0.29) is 29.5 Å². The van der Waals surface area contributed by atoms with Crippen LogP contribution in [0.4, 0.5) is 9.18 Å². The van der Waals surface area contributed by atoms with Crippen LogP contribution in [0.5, 0.6) is 0 Å². The summed E-state index contributed by atoms with van der Waals surface area (Å²) in [7, 11) is 0. The molecule has 7 nitrogen and oxygen atoms in total. The highest BCUT2D eigenvalue weighted by molar-refractivity contribution is 5.97. The molecule has 1 aromatic rings. The molecule has 0 aromatic heterocycles. The largest absolute Gasteiger partial charge is 0.352 e. The van der Waals surface area contributed by atoms with E-state index in [1.165, 1.54) is 18.2 Å². The molecule has 1 aliphatic heterocycles. The average molecular weight is 407 g/mol. The first-order valence-electron chi connectivity index (χ1n) is 10.3. The van der Waals surface area contributed by atoms with Gasteiger partial charge in [-0.1, -0.05) is 19.1 Å². The van der Waals surface area contributed by atoms with Crippen LogP contribution in [0.25, 0.3) is 0 Å². The first kappa shape index (κ1) is 22.6. The van der Waals surface area contributed by atoms with Gasteiger partial charge in [0, 0.05) is 25.7 Å². The molecule has 0 bridgehead atoms. The van der Waals surface area contributed by atoms with Gasteiger partial charge in [-0.2, -0.15) is 0 Å². The van der Waals surface area contributed by atoms with Crippen molar-refractivity contribution < 1.29 is 18.8 Å². The number of benzene rings is 1. The van der Waals surface area contributed by atoms with Crippen LogP contribution in [0.2, 0.25) is 0 Å². The second kappa shape index (κ2) is 10.8. The van der Waals surface area contributed by atoms with Gasteiger partial charge in [-0.05, 0) is 51.2 Å². The lowest BCUT2D eigenvalue weighted by Gasteiger charge is -2.36. The minimum absolute atomic E-state index is 0.0363. The Morgan fingerprint density at radius 2 is 1.79 bits per heavy atom. The Labute approximate surface area is 171 Å². The highest BCUT2D eigenvalue weighted by Gasteiger charge is 2.34. The number of likely N-dealkylation sites (tertiary alicyclic amines) is 1. The third-order valence-electron chi connectivity index (χ3n) is 5.31. The molecule has 0 unspecified atom stereocenters. The van der Waals surface area contributed by atoms with Gasteiger partial charge < -0.3 is 20.9 Å². The van der Waals surface area contributed by atoms with Gasteiger partial charge >= 0.3 is 6.03 Å². The van der Waals surface area contributed by atoms with Crippen LogP contribution < -0.4 is 16.0 Å². The Morgan fingerprint density at radius 1 is 1.14 bits per heavy atom. The smallest absolute Gasteiger partial charge is 0.317 e. The first-order chi connectivity index (χ1) is 13.9. The second-order valence-corrected chi connectivity index (χ2v) is 7.41. The fraction of sp³-hybridized carbons (Fsp3) is 0.571. The summed E-state index contributed by atoms with van der Waals surface area (Å²) < 4.78 is 14.0. The maximum absolute atomic E-state index is 14.0. The summed E-state index contributed by atoms with van der Waals surface area (Å²) in [6.45, 7) is 7.27. The number of hydrogen-bond acceptors (Lipinski definition) is 3. The minimum Gasteiger partial charge on any atom is -0.352 e. The van der Waals surface area contributed by atoms with Gasteiger partial charge in [0.15, 0.2) is 0 Å². The molecular formula is C21H31FN4O3. The van der Waals surface area contributed by atoms with Gasteiger partial charge in [-0.3, -0.25) is 9.59 Å². The normalized spacial score (nSPS) is 16.6. The first-order valence-corrected chi connectivity index (χ1v) is 10.3. The number of nitrogens with one attached hydrogen (secondary N) is 3. The summed E-state index contributed by atoms with van der Waals surface area (Å²) in [6, 6.07) is 4.76. The lowest BCUT2D eigenvalue weighted by molar-refractivity contribution is -0.125. The summed E-state index contributed by atoms with van der Waals surface area (Å²) in [5.74, 6) is -1.66. The number of hydrogen-bond donors (Lipinski definition) is 3. The zero-order chi connectivity index (χ0) is 21.4. The van der Waals surface area contributed by atoms with Gasteiger partial charge in [0.2, 0.25) is 5.91 Å². The maximum atomic E-state index is 14.0. The summed E-state index contributed by atoms with van der Waals surface area (Å²) in [5.41, 5.74) is -0.0893. The second-order valence-electron chi connectivity index (χ2n) is 7.41. The summed E-state index contributed by atoms with van der Waals surface area (Å²) >= 11 is 0. The quantitative estimate of drug-likeness (QED) is 0.649. The highest BCUT2D eigenvalue weighted by Crippen LogP contribution is 2.22. The number of piperidine rings is 1. The van der Waals surface area contributed by atoms with E-state index in [9.17, 15) is 18.8 Å². The van der Waals surface area contributed by atoms with Gasteiger partial charge in [0.1, 0.15) is 11.9 Å². The van der Waals surface area contributed by atoms with Crippen molar-refractivity contribution in [2.75, 3.05) is 19.6 Å². The van der Waals surface area contributed by atoms with E-state index in [0.717, 1.165) is 6.42 Å². The SMILES string of the molecule is CCNC(=O)N1CCC([C@H](NC(=O)c2ccccc2F)C(=O)N[C@H](C)CC)CC1. The molecule has 2 atom stereocenters. The van der Waals surface area contributed by atoms with Crippen LogP contribution in [0, 0.1) is 11.7 Å². The number of rotatable bonds is 7. The minimum atomic E-state index is -0.785. The molecule has 1 aromatic carbocycles. The molecule has 160 valence electrons. The van der Waals surface area contributed by atoms with Crippen molar-refractivity contribution in [3.05, 3.63) is 35.6 Å². The molecule has 0 spiro atoms. The molecule has 1 fully saturated rings.